The summed E-state index contributed by atoms with van der Waals surface area (Å²) < 4.78 is 50.9. The van der Waals surface area contributed by atoms with Crippen LogP contribution in [0.5, 0.6) is 5.75 Å². The highest BCUT2D eigenvalue weighted by Crippen LogP contribution is 2.31. The molecule has 1 saturated heterocycles. The molecule has 0 bridgehead atoms. The smallest absolute Gasteiger partial charge is 0.416 e. The second-order valence-corrected chi connectivity index (χ2v) is 7.89. The maximum absolute atomic E-state index is 13.1. The van der Waals surface area contributed by atoms with Crippen molar-refractivity contribution in [2.45, 2.75) is 12.6 Å². The third-order valence-electron chi connectivity index (χ3n) is 5.59. The summed E-state index contributed by atoms with van der Waals surface area (Å²) in [6, 6.07) is 12.2. The molecule has 0 atom stereocenters. The van der Waals surface area contributed by atoms with Crippen LogP contribution in [0, 0.1) is 0 Å². The van der Waals surface area contributed by atoms with Gasteiger partial charge in [-0.15, -0.1) is 0 Å². The highest BCUT2D eigenvalue weighted by Gasteiger charge is 2.30. The largest absolute Gasteiger partial charge is 0.493 e. The first kappa shape index (κ1) is 23.8. The summed E-state index contributed by atoms with van der Waals surface area (Å²) in [6.07, 6.45) is -2.22. The van der Waals surface area contributed by atoms with Gasteiger partial charge in [0.25, 0.3) is 5.91 Å². The van der Waals surface area contributed by atoms with E-state index in [1.165, 1.54) is 30.1 Å². The van der Waals surface area contributed by atoms with Crippen LogP contribution in [0.4, 0.5) is 18.9 Å². The predicted molar refractivity (Wildman–Crippen MR) is 120 cm³/mol. The van der Waals surface area contributed by atoms with E-state index in [0.717, 1.165) is 57.0 Å². The normalized spacial score (nSPS) is 14.7. The Hall–Kier alpha value is -3.37. The number of alkyl halides is 3. The standard InChI is InChI=1S/C24H25F3N4O3/c1-33-21-16-31(20-4-2-3-18(15-20)24(25,26)27)29-22(21)23(32)28-19-7-5-17(6-8-19)9-10-30-11-13-34-14-12-30/h2-8,15-16H,9-14H2,1H3,(H,28,32). The molecular weight excluding hydrogens is 449 g/mol. The third kappa shape index (κ3) is 5.75. The molecule has 1 aromatic heterocycles. The van der Waals surface area contributed by atoms with E-state index in [0.29, 0.717) is 5.69 Å². The molecular formula is C24H25F3N4O3. The molecule has 1 aliphatic heterocycles. The van der Waals surface area contributed by atoms with Crippen LogP contribution in [0.25, 0.3) is 5.69 Å². The molecule has 0 saturated carbocycles. The lowest BCUT2D eigenvalue weighted by Crippen LogP contribution is -2.37. The SMILES string of the molecule is COc1cn(-c2cccc(C(F)(F)F)c2)nc1C(=O)Nc1ccc(CCN2CCOCC2)cc1. The quantitative estimate of drug-likeness (QED) is 0.560. The van der Waals surface area contributed by atoms with Crippen LogP contribution in [0.2, 0.25) is 0 Å². The molecule has 0 aliphatic carbocycles. The summed E-state index contributed by atoms with van der Waals surface area (Å²) in [7, 11) is 1.37. The molecule has 0 unspecified atom stereocenters. The summed E-state index contributed by atoms with van der Waals surface area (Å²) in [5.74, 6) is -0.374. The van der Waals surface area contributed by atoms with Crippen molar-refractivity contribution in [1.29, 1.82) is 0 Å². The minimum atomic E-state index is -4.48. The van der Waals surface area contributed by atoms with Crippen LogP contribution >= 0.6 is 0 Å². The van der Waals surface area contributed by atoms with Crippen LogP contribution in [0.3, 0.4) is 0 Å². The second kappa shape index (κ2) is 10.3. The molecule has 2 aromatic carbocycles. The van der Waals surface area contributed by atoms with Gasteiger partial charge >= 0.3 is 6.18 Å². The zero-order valence-electron chi connectivity index (χ0n) is 18.6. The van der Waals surface area contributed by atoms with Crippen molar-refractivity contribution in [2.24, 2.45) is 0 Å². The Morgan fingerprint density at radius 2 is 1.88 bits per heavy atom. The molecule has 0 spiro atoms. The number of morpholine rings is 1. The zero-order valence-corrected chi connectivity index (χ0v) is 18.6. The molecule has 34 heavy (non-hydrogen) atoms. The van der Waals surface area contributed by atoms with Crippen LogP contribution in [0.15, 0.2) is 54.7 Å². The summed E-state index contributed by atoms with van der Waals surface area (Å²) in [6.45, 7) is 4.33. The summed E-state index contributed by atoms with van der Waals surface area (Å²) in [4.78, 5) is 15.2. The molecule has 1 amide bonds. The number of amides is 1. The second-order valence-electron chi connectivity index (χ2n) is 7.89. The van der Waals surface area contributed by atoms with Gasteiger partial charge in [-0.25, -0.2) is 4.68 Å². The number of benzene rings is 2. The van der Waals surface area contributed by atoms with Crippen molar-refractivity contribution in [3.8, 4) is 11.4 Å². The number of carbonyl (C=O) groups is 1. The Balaban J connectivity index is 1.43. The van der Waals surface area contributed by atoms with E-state index >= 15 is 0 Å². The molecule has 0 radical (unpaired) electrons. The average Bonchev–Trinajstić information content (AvgIpc) is 3.29. The summed E-state index contributed by atoms with van der Waals surface area (Å²) in [5, 5.41) is 6.93. The fourth-order valence-corrected chi connectivity index (χ4v) is 3.68. The highest BCUT2D eigenvalue weighted by molar-refractivity contribution is 6.04. The van der Waals surface area contributed by atoms with Crippen molar-refractivity contribution in [1.82, 2.24) is 14.7 Å². The highest BCUT2D eigenvalue weighted by atomic mass is 19.4. The first-order valence-corrected chi connectivity index (χ1v) is 10.8. The van der Waals surface area contributed by atoms with Gasteiger partial charge in [-0.05, 0) is 42.3 Å². The van der Waals surface area contributed by atoms with Gasteiger partial charge in [0.2, 0.25) is 0 Å². The van der Waals surface area contributed by atoms with E-state index < -0.39 is 17.6 Å². The minimum Gasteiger partial charge on any atom is -0.493 e. The number of rotatable bonds is 7. The third-order valence-corrected chi connectivity index (χ3v) is 5.59. The van der Waals surface area contributed by atoms with E-state index in [1.54, 1.807) is 0 Å². The number of anilines is 1. The number of ether oxygens (including phenoxy) is 2. The number of halogens is 3. The lowest BCUT2D eigenvalue weighted by molar-refractivity contribution is -0.137. The molecule has 1 fully saturated rings. The number of nitrogens with zero attached hydrogens (tertiary/aromatic N) is 3. The van der Waals surface area contributed by atoms with Crippen molar-refractivity contribution in [3.05, 3.63) is 71.5 Å². The van der Waals surface area contributed by atoms with Crippen molar-refractivity contribution >= 4 is 11.6 Å². The molecule has 2 heterocycles. The molecule has 3 aromatic rings. The van der Waals surface area contributed by atoms with Gasteiger partial charge in [-0.3, -0.25) is 9.69 Å². The van der Waals surface area contributed by atoms with Crippen molar-refractivity contribution in [2.75, 3.05) is 45.3 Å². The number of hydrogen-bond donors (Lipinski definition) is 1. The molecule has 4 rings (SSSR count). The van der Waals surface area contributed by atoms with Crippen molar-refractivity contribution < 1.29 is 27.4 Å². The van der Waals surface area contributed by atoms with Gasteiger partial charge in [-0.2, -0.15) is 18.3 Å². The zero-order chi connectivity index (χ0) is 24.1. The summed E-state index contributed by atoms with van der Waals surface area (Å²) >= 11 is 0. The number of nitrogens with one attached hydrogen (secondary N) is 1. The van der Waals surface area contributed by atoms with E-state index in [9.17, 15) is 18.0 Å². The Morgan fingerprint density at radius 1 is 1.15 bits per heavy atom. The fraction of sp³-hybridized carbons (Fsp3) is 0.333. The maximum atomic E-state index is 13.1. The van der Waals surface area contributed by atoms with E-state index in [4.69, 9.17) is 9.47 Å². The van der Waals surface area contributed by atoms with Crippen LogP contribution in [-0.2, 0) is 17.3 Å². The van der Waals surface area contributed by atoms with Crippen LogP contribution < -0.4 is 10.1 Å². The van der Waals surface area contributed by atoms with E-state index in [-0.39, 0.29) is 17.1 Å². The summed E-state index contributed by atoms with van der Waals surface area (Å²) in [5.41, 5.74) is 1.05. The monoisotopic (exact) mass is 474 g/mol. The predicted octanol–water partition coefficient (Wildman–Crippen LogP) is 4.03. The van der Waals surface area contributed by atoms with Gasteiger partial charge in [-0.1, -0.05) is 18.2 Å². The average molecular weight is 474 g/mol. The van der Waals surface area contributed by atoms with Gasteiger partial charge in [0, 0.05) is 25.3 Å². The lowest BCUT2D eigenvalue weighted by Gasteiger charge is -2.26. The Morgan fingerprint density at radius 3 is 2.56 bits per heavy atom. The van der Waals surface area contributed by atoms with Crippen LogP contribution in [0.1, 0.15) is 21.6 Å². The number of aromatic nitrogens is 2. The molecule has 1 aliphatic rings. The maximum Gasteiger partial charge on any atom is 0.416 e. The van der Waals surface area contributed by atoms with E-state index in [2.05, 4.69) is 15.3 Å². The fourth-order valence-electron chi connectivity index (χ4n) is 3.68. The number of hydrogen-bond acceptors (Lipinski definition) is 5. The Kier molecular flexibility index (Phi) is 7.18. The number of methoxy groups -OCH3 is 1. The minimum absolute atomic E-state index is 0.0312. The molecule has 1 N–H and O–H groups in total. The van der Waals surface area contributed by atoms with E-state index in [1.807, 2.05) is 24.3 Å². The number of carbonyl (C=O) groups excluding carboxylic acids is 1. The van der Waals surface area contributed by atoms with Gasteiger partial charge in [0.05, 0.1) is 37.8 Å². The first-order valence-electron chi connectivity index (χ1n) is 10.8. The lowest BCUT2D eigenvalue weighted by atomic mass is 10.1. The van der Waals surface area contributed by atoms with Gasteiger partial charge < -0.3 is 14.8 Å². The van der Waals surface area contributed by atoms with Crippen molar-refractivity contribution in [3.63, 3.8) is 0 Å². The Bertz CT molecular complexity index is 1120. The van der Waals surface area contributed by atoms with Crippen LogP contribution in [-0.4, -0.2) is 60.5 Å². The first-order chi connectivity index (χ1) is 16.3. The molecule has 7 nitrogen and oxygen atoms in total. The topological polar surface area (TPSA) is 68.6 Å². The Labute approximate surface area is 195 Å². The van der Waals surface area contributed by atoms with Gasteiger partial charge in [0.15, 0.2) is 11.4 Å². The van der Waals surface area contributed by atoms with Gasteiger partial charge in [0.1, 0.15) is 0 Å². The molecule has 180 valence electrons. The molecule has 10 heteroatoms.